The van der Waals surface area contributed by atoms with Gasteiger partial charge in [-0.15, -0.1) is 0 Å². The van der Waals surface area contributed by atoms with Gasteiger partial charge in [-0.05, 0) is 45.3 Å². The molecule has 1 fully saturated rings. The van der Waals surface area contributed by atoms with Gasteiger partial charge in [-0.3, -0.25) is 4.79 Å². The molecule has 110 valence electrons. The molecule has 0 aromatic heterocycles. The molecule has 0 saturated carbocycles. The zero-order valence-electron chi connectivity index (χ0n) is 12.1. The number of hydrogen-bond donors (Lipinski definition) is 1. The topological polar surface area (TPSA) is 49.6 Å². The molecule has 1 saturated heterocycles. The van der Waals surface area contributed by atoms with E-state index in [1.807, 2.05) is 11.8 Å². The first kappa shape index (κ1) is 16.4. The van der Waals surface area contributed by atoms with Crippen molar-refractivity contribution in [3.05, 3.63) is 0 Å². The summed E-state index contributed by atoms with van der Waals surface area (Å²) in [6.07, 6.45) is 6.11. The molecular weight excluding hydrogens is 258 g/mol. The van der Waals surface area contributed by atoms with Crippen LogP contribution in [0.15, 0.2) is 0 Å². The number of carbonyl (C=O) groups excluding carboxylic acids is 1. The third kappa shape index (κ3) is 6.87. The number of rotatable bonds is 9. The van der Waals surface area contributed by atoms with Crippen molar-refractivity contribution in [1.82, 2.24) is 9.80 Å². The first-order valence-electron chi connectivity index (χ1n) is 7.42. The molecule has 0 radical (unpaired) electrons. The van der Waals surface area contributed by atoms with E-state index in [2.05, 4.69) is 4.90 Å². The Balaban J connectivity index is 2.19. The fraction of sp³-hybridized carbons (Fsp3) is 0.857. The summed E-state index contributed by atoms with van der Waals surface area (Å²) in [6.45, 7) is 7.08. The van der Waals surface area contributed by atoms with Crippen LogP contribution in [0.1, 0.15) is 45.4 Å². The van der Waals surface area contributed by atoms with Gasteiger partial charge in [0.25, 0.3) is 0 Å². The Hall–Kier alpha value is -0.680. The van der Waals surface area contributed by atoms with Crippen molar-refractivity contribution in [2.45, 2.75) is 45.4 Å². The molecular formula is C14H27N3OS. The number of likely N-dealkylation sites (tertiary alicyclic amines) is 1. The average molecular weight is 285 g/mol. The highest BCUT2D eigenvalue weighted by atomic mass is 32.1. The molecule has 1 heterocycles. The second-order valence-electron chi connectivity index (χ2n) is 5.21. The van der Waals surface area contributed by atoms with Crippen molar-refractivity contribution in [2.24, 2.45) is 5.73 Å². The minimum absolute atomic E-state index is 0.206. The van der Waals surface area contributed by atoms with Crippen LogP contribution in [0.2, 0.25) is 0 Å². The van der Waals surface area contributed by atoms with E-state index >= 15 is 0 Å². The van der Waals surface area contributed by atoms with Crippen LogP contribution in [0.4, 0.5) is 0 Å². The van der Waals surface area contributed by atoms with Crippen LogP contribution in [-0.2, 0) is 4.79 Å². The lowest BCUT2D eigenvalue weighted by Crippen LogP contribution is -2.34. The lowest BCUT2D eigenvalue weighted by atomic mass is 10.2. The van der Waals surface area contributed by atoms with Gasteiger partial charge < -0.3 is 15.5 Å². The predicted octanol–water partition coefficient (Wildman–Crippen LogP) is 1.78. The third-order valence-corrected chi connectivity index (χ3v) is 3.84. The summed E-state index contributed by atoms with van der Waals surface area (Å²) < 4.78 is 0. The molecule has 0 atom stereocenters. The standard InChI is InChI=1S/C14H27N3OS/c1-2-14(18)17(12-7-13(15)19)11-6-5-10-16-8-3-4-9-16/h2-12H2,1H3,(H2,15,19). The van der Waals surface area contributed by atoms with Crippen LogP contribution >= 0.6 is 12.2 Å². The van der Waals surface area contributed by atoms with Gasteiger partial charge in [0, 0.05) is 25.9 Å². The van der Waals surface area contributed by atoms with Gasteiger partial charge in [-0.25, -0.2) is 0 Å². The molecule has 2 N–H and O–H groups in total. The molecule has 0 unspecified atom stereocenters. The summed E-state index contributed by atoms with van der Waals surface area (Å²) in [6, 6.07) is 0. The van der Waals surface area contributed by atoms with Gasteiger partial charge in [-0.2, -0.15) is 0 Å². The van der Waals surface area contributed by atoms with Crippen LogP contribution in [0.25, 0.3) is 0 Å². The number of nitrogens with zero attached hydrogens (tertiary/aromatic N) is 2. The summed E-state index contributed by atoms with van der Waals surface area (Å²) in [5, 5.41) is 0. The number of carbonyl (C=O) groups is 1. The highest BCUT2D eigenvalue weighted by molar-refractivity contribution is 7.80. The van der Waals surface area contributed by atoms with Gasteiger partial charge in [0.05, 0.1) is 4.99 Å². The van der Waals surface area contributed by atoms with Crippen LogP contribution in [-0.4, -0.2) is 53.4 Å². The maximum Gasteiger partial charge on any atom is 0.222 e. The molecule has 0 aliphatic carbocycles. The maximum atomic E-state index is 11.8. The predicted molar refractivity (Wildman–Crippen MR) is 83.2 cm³/mol. The number of nitrogens with two attached hydrogens (primary N) is 1. The van der Waals surface area contributed by atoms with Crippen LogP contribution in [0, 0.1) is 0 Å². The molecule has 0 spiro atoms. The molecule has 0 aromatic carbocycles. The van der Waals surface area contributed by atoms with E-state index in [9.17, 15) is 4.79 Å². The molecule has 1 aliphatic rings. The normalized spacial score (nSPS) is 15.6. The Morgan fingerprint density at radius 1 is 1.26 bits per heavy atom. The quantitative estimate of drug-likeness (QED) is 0.518. The molecule has 4 nitrogen and oxygen atoms in total. The highest BCUT2D eigenvalue weighted by Gasteiger charge is 2.13. The fourth-order valence-electron chi connectivity index (χ4n) is 2.47. The van der Waals surface area contributed by atoms with Crippen molar-refractivity contribution in [1.29, 1.82) is 0 Å². The number of thiocarbonyl (C=S) groups is 1. The van der Waals surface area contributed by atoms with Crippen molar-refractivity contribution >= 4 is 23.1 Å². The smallest absolute Gasteiger partial charge is 0.222 e. The van der Waals surface area contributed by atoms with E-state index in [1.165, 1.54) is 38.9 Å². The Morgan fingerprint density at radius 2 is 1.95 bits per heavy atom. The summed E-state index contributed by atoms with van der Waals surface area (Å²) in [5.41, 5.74) is 5.51. The SMILES string of the molecule is CCC(=O)N(CCCCN1CCCC1)CCC(N)=S. The first-order chi connectivity index (χ1) is 9.13. The average Bonchev–Trinajstić information content (AvgIpc) is 2.89. The van der Waals surface area contributed by atoms with Crippen LogP contribution in [0.5, 0.6) is 0 Å². The van der Waals surface area contributed by atoms with Gasteiger partial charge in [-0.1, -0.05) is 19.1 Å². The lowest BCUT2D eigenvalue weighted by Gasteiger charge is -2.22. The number of hydrogen-bond acceptors (Lipinski definition) is 3. The third-order valence-electron chi connectivity index (χ3n) is 3.63. The fourth-order valence-corrected chi connectivity index (χ4v) is 2.57. The molecule has 1 amide bonds. The summed E-state index contributed by atoms with van der Waals surface area (Å²) in [7, 11) is 0. The van der Waals surface area contributed by atoms with E-state index in [0.717, 1.165) is 13.0 Å². The number of unbranched alkanes of at least 4 members (excludes halogenated alkanes) is 1. The number of amides is 1. The molecule has 0 bridgehead atoms. The van der Waals surface area contributed by atoms with Crippen molar-refractivity contribution in [3.63, 3.8) is 0 Å². The van der Waals surface area contributed by atoms with E-state index in [1.54, 1.807) is 0 Å². The first-order valence-corrected chi connectivity index (χ1v) is 7.82. The largest absolute Gasteiger partial charge is 0.393 e. The molecule has 5 heteroatoms. The van der Waals surface area contributed by atoms with E-state index in [-0.39, 0.29) is 5.91 Å². The van der Waals surface area contributed by atoms with Gasteiger partial charge in [0.15, 0.2) is 0 Å². The monoisotopic (exact) mass is 285 g/mol. The maximum absolute atomic E-state index is 11.8. The molecule has 1 rings (SSSR count). The van der Waals surface area contributed by atoms with Crippen LogP contribution < -0.4 is 5.73 Å². The Labute approximate surface area is 122 Å². The van der Waals surface area contributed by atoms with E-state index in [0.29, 0.717) is 24.4 Å². The van der Waals surface area contributed by atoms with Crippen molar-refractivity contribution < 1.29 is 4.79 Å². The van der Waals surface area contributed by atoms with Crippen molar-refractivity contribution in [3.8, 4) is 0 Å². The lowest BCUT2D eigenvalue weighted by molar-refractivity contribution is -0.130. The van der Waals surface area contributed by atoms with Gasteiger partial charge in [0.1, 0.15) is 0 Å². The van der Waals surface area contributed by atoms with Gasteiger partial charge >= 0.3 is 0 Å². The highest BCUT2D eigenvalue weighted by Crippen LogP contribution is 2.09. The second kappa shape index (κ2) is 9.26. The second-order valence-corrected chi connectivity index (χ2v) is 5.73. The van der Waals surface area contributed by atoms with Crippen molar-refractivity contribution in [2.75, 3.05) is 32.7 Å². The van der Waals surface area contributed by atoms with E-state index < -0.39 is 0 Å². The Morgan fingerprint density at radius 3 is 2.53 bits per heavy atom. The summed E-state index contributed by atoms with van der Waals surface area (Å²) in [4.78, 5) is 16.7. The van der Waals surface area contributed by atoms with E-state index in [4.69, 9.17) is 18.0 Å². The Bertz CT molecular complexity index is 290. The zero-order chi connectivity index (χ0) is 14.1. The van der Waals surface area contributed by atoms with Crippen LogP contribution in [0.3, 0.4) is 0 Å². The summed E-state index contributed by atoms with van der Waals surface area (Å²) >= 11 is 4.88. The minimum atomic E-state index is 0.206. The Kier molecular flexibility index (Phi) is 7.98. The molecule has 1 aliphatic heterocycles. The summed E-state index contributed by atoms with van der Waals surface area (Å²) in [5.74, 6) is 0.206. The van der Waals surface area contributed by atoms with Gasteiger partial charge in [0.2, 0.25) is 5.91 Å². The zero-order valence-corrected chi connectivity index (χ0v) is 12.9. The minimum Gasteiger partial charge on any atom is -0.393 e. The molecule has 0 aromatic rings. The molecule has 19 heavy (non-hydrogen) atoms.